The molecule has 0 saturated carbocycles. The van der Waals surface area contributed by atoms with E-state index < -0.39 is 0 Å². The maximum Gasteiger partial charge on any atom is 0.126 e. The van der Waals surface area contributed by atoms with Gasteiger partial charge in [-0.15, -0.1) is 0 Å². The largest absolute Gasteiger partial charge is 0.355 e. The first-order valence-corrected chi connectivity index (χ1v) is 12.5. The Morgan fingerprint density at radius 1 is 0.971 bits per heavy atom. The van der Waals surface area contributed by atoms with Crippen LogP contribution < -0.4 is 10.2 Å². The van der Waals surface area contributed by atoms with Crippen LogP contribution in [0.25, 0.3) is 11.0 Å². The Balaban J connectivity index is 1.31. The van der Waals surface area contributed by atoms with Crippen molar-refractivity contribution < 1.29 is 0 Å². The van der Waals surface area contributed by atoms with Gasteiger partial charge < -0.3 is 15.2 Å². The molecule has 1 aliphatic heterocycles. The van der Waals surface area contributed by atoms with E-state index in [-0.39, 0.29) is 6.04 Å². The van der Waals surface area contributed by atoms with Crippen molar-refractivity contribution in [1.29, 1.82) is 0 Å². The van der Waals surface area contributed by atoms with Crippen LogP contribution in [0.3, 0.4) is 0 Å². The molecule has 1 unspecified atom stereocenters. The molecule has 0 amide bonds. The number of aromatic amines is 1. The van der Waals surface area contributed by atoms with E-state index >= 15 is 0 Å². The van der Waals surface area contributed by atoms with Gasteiger partial charge in [-0.2, -0.15) is 0 Å². The number of piperazine rings is 1. The molecule has 6 rings (SSSR count). The van der Waals surface area contributed by atoms with Crippen LogP contribution in [0.1, 0.15) is 41.5 Å². The number of anilines is 1. The lowest BCUT2D eigenvalue weighted by molar-refractivity contribution is 0.233. The van der Waals surface area contributed by atoms with Crippen molar-refractivity contribution in [1.82, 2.24) is 25.2 Å². The van der Waals surface area contributed by atoms with Gasteiger partial charge in [-0.05, 0) is 60.7 Å². The summed E-state index contributed by atoms with van der Waals surface area (Å²) >= 11 is 0. The Morgan fingerprint density at radius 3 is 2.68 bits per heavy atom. The number of hydrogen-bond donors (Lipinski definition) is 2. The van der Waals surface area contributed by atoms with E-state index in [0.29, 0.717) is 0 Å². The van der Waals surface area contributed by atoms with Crippen LogP contribution in [0.2, 0.25) is 0 Å². The highest BCUT2D eigenvalue weighted by Crippen LogP contribution is 2.37. The predicted molar refractivity (Wildman–Crippen MR) is 137 cm³/mol. The minimum absolute atomic E-state index is 0.247. The summed E-state index contributed by atoms with van der Waals surface area (Å²) in [5.74, 6) is 0.995. The number of pyridine rings is 1. The number of fused-ring (bicyclic) bond motifs is 2. The summed E-state index contributed by atoms with van der Waals surface area (Å²) in [5, 5.41) is 3.44. The molecule has 1 saturated heterocycles. The number of hydrogen-bond acceptors (Lipinski definition) is 5. The number of imidazole rings is 1. The molecule has 34 heavy (non-hydrogen) atoms. The molecule has 2 aromatic heterocycles. The average Bonchev–Trinajstić information content (AvgIpc) is 3.31. The third-order valence-electron chi connectivity index (χ3n) is 7.18. The molecule has 1 aliphatic carbocycles. The first-order chi connectivity index (χ1) is 16.8. The van der Waals surface area contributed by atoms with Crippen molar-refractivity contribution in [3.63, 3.8) is 0 Å². The van der Waals surface area contributed by atoms with Gasteiger partial charge in [0.15, 0.2) is 0 Å². The first kappa shape index (κ1) is 21.3. The van der Waals surface area contributed by atoms with E-state index in [1.54, 1.807) is 0 Å². The maximum atomic E-state index is 4.89. The van der Waals surface area contributed by atoms with Gasteiger partial charge in [0.25, 0.3) is 0 Å². The van der Waals surface area contributed by atoms with E-state index in [9.17, 15) is 0 Å². The van der Waals surface area contributed by atoms with Crippen LogP contribution in [-0.2, 0) is 19.5 Å². The second kappa shape index (κ2) is 9.57. The average molecular weight is 453 g/mol. The fourth-order valence-electron chi connectivity index (χ4n) is 5.43. The number of nitrogens with one attached hydrogen (secondary N) is 2. The molecule has 2 N–H and O–H groups in total. The third kappa shape index (κ3) is 4.43. The number of rotatable bonds is 6. The molecule has 6 nitrogen and oxygen atoms in total. The Labute approximate surface area is 201 Å². The van der Waals surface area contributed by atoms with Crippen molar-refractivity contribution >= 4 is 16.7 Å². The van der Waals surface area contributed by atoms with E-state index in [1.807, 2.05) is 12.3 Å². The van der Waals surface area contributed by atoms with Gasteiger partial charge in [0, 0.05) is 44.6 Å². The van der Waals surface area contributed by atoms with Crippen molar-refractivity contribution in [3.8, 4) is 0 Å². The van der Waals surface area contributed by atoms with Crippen LogP contribution in [0.5, 0.6) is 0 Å². The van der Waals surface area contributed by atoms with Crippen molar-refractivity contribution in [3.05, 3.63) is 89.5 Å². The van der Waals surface area contributed by atoms with Gasteiger partial charge in [0.05, 0.1) is 29.3 Å². The molecule has 0 radical (unpaired) electrons. The Morgan fingerprint density at radius 2 is 1.82 bits per heavy atom. The lowest BCUT2D eigenvalue weighted by Gasteiger charge is -2.36. The minimum Gasteiger partial charge on any atom is -0.355 e. The van der Waals surface area contributed by atoms with Crippen molar-refractivity contribution in [2.45, 2.75) is 38.4 Å². The molecule has 2 aliphatic rings. The standard InChI is InChI=1S/C28H32N6/c1-2-8-25-24(7-1)31-27(32-25)20-34(26-9-3-5-22-6-4-14-30-28(22)26)23-12-10-21(11-13-23)19-33-17-15-29-16-18-33/h1-2,4,6-8,10-14,26,29H,3,5,9,15-20H2,(H,31,32). The molecule has 4 aromatic rings. The molecule has 0 spiro atoms. The lowest BCUT2D eigenvalue weighted by atomic mass is 9.90. The van der Waals surface area contributed by atoms with Crippen LogP contribution >= 0.6 is 0 Å². The lowest BCUT2D eigenvalue weighted by Crippen LogP contribution is -2.42. The summed E-state index contributed by atoms with van der Waals surface area (Å²) in [6.45, 7) is 6.13. The highest BCUT2D eigenvalue weighted by atomic mass is 15.2. The summed E-state index contributed by atoms with van der Waals surface area (Å²) in [4.78, 5) is 18.3. The molecule has 6 heteroatoms. The second-order valence-electron chi connectivity index (χ2n) is 9.48. The molecule has 2 aromatic carbocycles. The third-order valence-corrected chi connectivity index (χ3v) is 7.18. The van der Waals surface area contributed by atoms with E-state index in [4.69, 9.17) is 9.97 Å². The number of H-pyrrole nitrogens is 1. The SMILES string of the molecule is c1cnc2c(c1)CCCC2N(Cc1nc2ccccc2[nH]1)c1ccc(CN2CCNCC2)cc1. The fraction of sp³-hybridized carbons (Fsp3) is 0.357. The zero-order valence-electron chi connectivity index (χ0n) is 19.6. The molecular formula is C28H32N6. The zero-order chi connectivity index (χ0) is 22.7. The Hall–Kier alpha value is -3.22. The van der Waals surface area contributed by atoms with Gasteiger partial charge >= 0.3 is 0 Å². The Bertz CT molecular complexity index is 1210. The van der Waals surface area contributed by atoms with Crippen molar-refractivity contribution in [2.75, 3.05) is 31.1 Å². The summed E-state index contributed by atoms with van der Waals surface area (Å²) < 4.78 is 0. The quantitative estimate of drug-likeness (QED) is 0.453. The monoisotopic (exact) mass is 452 g/mol. The topological polar surface area (TPSA) is 60.1 Å². The van der Waals surface area contributed by atoms with Gasteiger partial charge in [-0.3, -0.25) is 9.88 Å². The predicted octanol–water partition coefficient (Wildman–Crippen LogP) is 4.45. The molecular weight excluding hydrogens is 420 g/mol. The minimum atomic E-state index is 0.247. The zero-order valence-corrected chi connectivity index (χ0v) is 19.6. The maximum absolute atomic E-state index is 4.89. The van der Waals surface area contributed by atoms with Crippen LogP contribution in [-0.4, -0.2) is 46.0 Å². The van der Waals surface area contributed by atoms with Crippen LogP contribution in [0, 0.1) is 0 Å². The van der Waals surface area contributed by atoms with Gasteiger partial charge in [0.1, 0.15) is 5.82 Å². The van der Waals surface area contributed by atoms with Gasteiger partial charge in [-0.1, -0.05) is 30.3 Å². The summed E-state index contributed by atoms with van der Waals surface area (Å²) in [5.41, 5.74) is 7.31. The van der Waals surface area contributed by atoms with Crippen LogP contribution in [0.4, 0.5) is 5.69 Å². The van der Waals surface area contributed by atoms with E-state index in [0.717, 1.165) is 69.0 Å². The second-order valence-corrected chi connectivity index (χ2v) is 9.48. The number of para-hydroxylation sites is 2. The Kier molecular flexibility index (Phi) is 6.00. The summed E-state index contributed by atoms with van der Waals surface area (Å²) in [6.07, 6.45) is 5.34. The molecule has 3 heterocycles. The smallest absolute Gasteiger partial charge is 0.126 e. The highest BCUT2D eigenvalue weighted by Gasteiger charge is 2.28. The number of benzene rings is 2. The van der Waals surface area contributed by atoms with Gasteiger partial charge in [0.2, 0.25) is 0 Å². The highest BCUT2D eigenvalue weighted by molar-refractivity contribution is 5.74. The van der Waals surface area contributed by atoms with Gasteiger partial charge in [-0.25, -0.2) is 4.98 Å². The van der Waals surface area contributed by atoms with E-state index in [2.05, 4.69) is 74.7 Å². The van der Waals surface area contributed by atoms with E-state index in [1.165, 1.54) is 28.9 Å². The fourth-order valence-corrected chi connectivity index (χ4v) is 5.43. The molecule has 1 atom stereocenters. The van der Waals surface area contributed by atoms with Crippen LogP contribution in [0.15, 0.2) is 66.9 Å². The number of aromatic nitrogens is 3. The molecule has 174 valence electrons. The van der Waals surface area contributed by atoms with Crippen molar-refractivity contribution in [2.24, 2.45) is 0 Å². The molecule has 1 fully saturated rings. The number of aryl methyl sites for hydroxylation is 1. The summed E-state index contributed by atoms with van der Waals surface area (Å²) in [7, 11) is 0. The normalized spacial score (nSPS) is 18.6. The number of nitrogens with zero attached hydrogens (tertiary/aromatic N) is 4. The molecule has 0 bridgehead atoms. The summed E-state index contributed by atoms with van der Waals surface area (Å²) in [6, 6.07) is 22.0. The first-order valence-electron chi connectivity index (χ1n) is 12.5.